The standard InChI is InChI=1S/C49H67N9O14/c1-7-27(2)42(63)53-33(17-20-38(50)61)43(64)56-41-29(4)72-49(70)28(3)52-45(66)37(26-31-13-15-32(60)16-14-31)57(5)47(68)35(25-30-11-9-8-10-12-30)55-44(65)36-19-22-40(71-6)58(36)48(69)34(54-46(41)67)18-21-39(62)51-23-24-59/h7-16,28-29,33-37,40-41,59-60H,17-26H2,1-6H3,(H2,50,61)(H,51,62)(H,52,66)(H,53,63)(H,54,67)(H,55,65)(H,56,64)/b27-7+/t28-,29+,33-,34+,35-,36-,37-,40+,41-/m0/s1. The number of nitrogens with two attached hydrogens (primary N) is 1. The SMILES string of the molecule is C/C=C(\C)C(=O)N[C@@H](CCC(N)=O)C(=O)N[C@@H]1C(=O)N[C@H](CCC(=O)NCCO)C(=O)N2[C@H](OC)CC[C@H]2C(=O)N[C@@H](Cc2ccccc2)C(=O)N(C)[C@@H](Cc2ccc(O)cc2)C(=O)N[C@@H](C)C(=O)O[C@@H]1C. The number of hydrogen-bond donors (Lipinski definition) is 9. The van der Waals surface area contributed by atoms with Crippen LogP contribution in [0.5, 0.6) is 5.75 Å². The van der Waals surface area contributed by atoms with Crippen molar-refractivity contribution in [2.24, 2.45) is 5.73 Å². The summed E-state index contributed by atoms with van der Waals surface area (Å²) in [5, 5.41) is 34.7. The number of amides is 9. The normalized spacial score (nSPS) is 24.2. The van der Waals surface area contributed by atoms with Gasteiger partial charge in [-0.2, -0.15) is 0 Å². The number of phenols is 1. The Kier molecular flexibility index (Phi) is 21.7. The Morgan fingerprint density at radius 3 is 2.15 bits per heavy atom. The maximum atomic E-state index is 15.0. The van der Waals surface area contributed by atoms with Crippen LogP contribution in [0.25, 0.3) is 0 Å². The molecule has 0 saturated carbocycles. The average molecular weight is 1010 g/mol. The van der Waals surface area contributed by atoms with E-state index in [-0.39, 0.29) is 56.4 Å². The molecule has 23 heteroatoms. The van der Waals surface area contributed by atoms with Crippen LogP contribution in [0.3, 0.4) is 0 Å². The van der Waals surface area contributed by atoms with Gasteiger partial charge in [0.1, 0.15) is 60.4 Å². The molecule has 2 fully saturated rings. The molecule has 10 N–H and O–H groups in total. The van der Waals surface area contributed by atoms with Crippen LogP contribution in [-0.2, 0) is 70.3 Å². The minimum atomic E-state index is -1.89. The number of hydrogen-bond acceptors (Lipinski definition) is 14. The predicted octanol–water partition coefficient (Wildman–Crippen LogP) is -1.52. The second kappa shape index (κ2) is 27.3. The van der Waals surface area contributed by atoms with Crippen LogP contribution >= 0.6 is 0 Å². The molecule has 23 nitrogen and oxygen atoms in total. The molecular weight excluding hydrogens is 939 g/mol. The first kappa shape index (κ1) is 57.2. The van der Waals surface area contributed by atoms with E-state index in [4.69, 9.17) is 15.2 Å². The predicted molar refractivity (Wildman–Crippen MR) is 257 cm³/mol. The van der Waals surface area contributed by atoms with E-state index in [2.05, 4.69) is 31.9 Å². The van der Waals surface area contributed by atoms with Crippen LogP contribution in [0.2, 0.25) is 0 Å². The van der Waals surface area contributed by atoms with Gasteiger partial charge in [-0.3, -0.25) is 43.2 Å². The molecule has 9 atom stereocenters. The maximum absolute atomic E-state index is 15.0. The number of fused-ring (bicyclic) bond motifs is 1. The Labute approximate surface area is 417 Å². The van der Waals surface area contributed by atoms with Crippen molar-refractivity contribution in [1.29, 1.82) is 0 Å². The number of likely N-dealkylation sites (N-methyl/N-ethyl adjacent to an activating group) is 1. The molecule has 2 aliphatic rings. The number of aromatic hydroxyl groups is 1. The zero-order valence-corrected chi connectivity index (χ0v) is 41.3. The number of rotatable bonds is 17. The summed E-state index contributed by atoms with van der Waals surface area (Å²) in [4.78, 5) is 141. The van der Waals surface area contributed by atoms with Gasteiger partial charge >= 0.3 is 5.97 Å². The molecule has 0 unspecified atom stereocenters. The first-order valence-electron chi connectivity index (χ1n) is 23.6. The van der Waals surface area contributed by atoms with Gasteiger partial charge in [0.2, 0.25) is 53.2 Å². The molecule has 72 heavy (non-hydrogen) atoms. The number of cyclic esters (lactones) is 1. The number of methoxy groups -OCH3 is 1. The van der Waals surface area contributed by atoms with E-state index in [1.165, 1.54) is 65.3 Å². The Hall–Kier alpha value is -7.40. The highest BCUT2D eigenvalue weighted by Crippen LogP contribution is 2.27. The second-order valence-electron chi connectivity index (χ2n) is 17.7. The molecular formula is C49H67N9O14. The molecule has 2 aliphatic heterocycles. The summed E-state index contributed by atoms with van der Waals surface area (Å²) in [7, 11) is 2.65. The minimum absolute atomic E-state index is 0.0103. The number of aliphatic hydroxyl groups excluding tert-OH is 1. The summed E-state index contributed by atoms with van der Waals surface area (Å²) in [6.07, 6.45) is -2.85. The maximum Gasteiger partial charge on any atom is 0.328 e. The van der Waals surface area contributed by atoms with Gasteiger partial charge < -0.3 is 67.1 Å². The fourth-order valence-corrected chi connectivity index (χ4v) is 8.13. The molecule has 392 valence electrons. The Morgan fingerprint density at radius 2 is 1.53 bits per heavy atom. The van der Waals surface area contributed by atoms with Crippen LogP contribution < -0.4 is 37.6 Å². The topological polar surface area (TPSA) is 334 Å². The number of carbonyl (C=O) groups excluding carboxylic acids is 10. The lowest BCUT2D eigenvalue weighted by molar-refractivity contribution is -0.157. The molecule has 4 rings (SSSR count). The third kappa shape index (κ3) is 16.1. The zero-order valence-electron chi connectivity index (χ0n) is 41.3. The highest BCUT2D eigenvalue weighted by Gasteiger charge is 2.46. The number of nitrogens with one attached hydrogen (secondary N) is 6. The highest BCUT2D eigenvalue weighted by atomic mass is 16.5. The number of aliphatic hydroxyl groups is 1. The minimum Gasteiger partial charge on any atom is -0.508 e. The monoisotopic (exact) mass is 1010 g/mol. The number of primary amides is 1. The second-order valence-corrected chi connectivity index (χ2v) is 17.7. The Morgan fingerprint density at radius 1 is 0.875 bits per heavy atom. The third-order valence-electron chi connectivity index (χ3n) is 12.4. The fraction of sp³-hybridized carbons (Fsp3) is 0.510. The molecule has 9 amide bonds. The first-order chi connectivity index (χ1) is 34.2. The lowest BCUT2D eigenvalue weighted by atomic mass is 10.00. The summed E-state index contributed by atoms with van der Waals surface area (Å²) >= 11 is 0. The van der Waals surface area contributed by atoms with Gasteiger partial charge in [-0.05, 0) is 76.6 Å². The number of allylic oxidation sites excluding steroid dienone is 1. The summed E-state index contributed by atoms with van der Waals surface area (Å²) < 4.78 is 11.4. The lowest BCUT2D eigenvalue weighted by Crippen LogP contribution is -2.62. The number of carbonyl (C=O) groups is 10. The van der Waals surface area contributed by atoms with E-state index in [0.29, 0.717) is 11.1 Å². The van der Waals surface area contributed by atoms with Crippen molar-refractivity contribution in [3.63, 3.8) is 0 Å². The third-order valence-corrected chi connectivity index (χ3v) is 12.4. The lowest BCUT2D eigenvalue weighted by Gasteiger charge is -2.34. The van der Waals surface area contributed by atoms with Crippen molar-refractivity contribution in [1.82, 2.24) is 41.7 Å². The molecule has 0 bridgehead atoms. The van der Waals surface area contributed by atoms with Crippen LogP contribution in [0.1, 0.15) is 77.3 Å². The number of esters is 1. The highest BCUT2D eigenvalue weighted by molar-refractivity contribution is 6.00. The van der Waals surface area contributed by atoms with Gasteiger partial charge in [0.15, 0.2) is 0 Å². The Balaban J connectivity index is 1.88. The van der Waals surface area contributed by atoms with Crippen molar-refractivity contribution in [3.05, 3.63) is 77.4 Å². The number of phenolic OH excluding ortho intramolecular Hbond substituents is 1. The van der Waals surface area contributed by atoms with Crippen molar-refractivity contribution in [2.75, 3.05) is 27.3 Å². The van der Waals surface area contributed by atoms with Gasteiger partial charge in [-0.25, -0.2) is 4.79 Å². The van der Waals surface area contributed by atoms with Crippen LogP contribution in [-0.4, -0.2) is 161 Å². The van der Waals surface area contributed by atoms with Crippen molar-refractivity contribution < 1.29 is 67.6 Å². The van der Waals surface area contributed by atoms with E-state index in [0.717, 1.165) is 9.80 Å². The molecule has 0 aliphatic carbocycles. The molecule has 2 aromatic carbocycles. The van der Waals surface area contributed by atoms with Crippen LogP contribution in [0.15, 0.2) is 66.2 Å². The molecule has 0 aromatic heterocycles. The summed E-state index contributed by atoms with van der Waals surface area (Å²) in [6, 6.07) is 4.01. The van der Waals surface area contributed by atoms with Gasteiger partial charge in [0.05, 0.1) is 6.61 Å². The molecule has 2 aromatic rings. The molecule has 2 heterocycles. The van der Waals surface area contributed by atoms with Crippen molar-refractivity contribution in [3.8, 4) is 5.75 Å². The van der Waals surface area contributed by atoms with Crippen LogP contribution in [0.4, 0.5) is 0 Å². The zero-order chi connectivity index (χ0) is 53.2. The van der Waals surface area contributed by atoms with E-state index in [1.54, 1.807) is 37.3 Å². The average Bonchev–Trinajstić information content (AvgIpc) is 3.80. The van der Waals surface area contributed by atoms with Gasteiger partial charge in [0, 0.05) is 52.0 Å². The summed E-state index contributed by atoms with van der Waals surface area (Å²) in [5.74, 6) is -8.76. The van der Waals surface area contributed by atoms with Gasteiger partial charge in [0.25, 0.3) is 0 Å². The van der Waals surface area contributed by atoms with E-state index in [9.17, 15) is 58.2 Å². The van der Waals surface area contributed by atoms with Gasteiger partial charge in [-0.1, -0.05) is 48.5 Å². The van der Waals surface area contributed by atoms with Gasteiger partial charge in [-0.15, -0.1) is 0 Å². The summed E-state index contributed by atoms with van der Waals surface area (Å²) in [5.41, 5.74) is 6.71. The summed E-state index contributed by atoms with van der Waals surface area (Å²) in [6.45, 7) is 5.03. The smallest absolute Gasteiger partial charge is 0.328 e. The van der Waals surface area contributed by atoms with Crippen molar-refractivity contribution >= 4 is 59.1 Å². The van der Waals surface area contributed by atoms with E-state index >= 15 is 0 Å². The van der Waals surface area contributed by atoms with E-state index in [1.807, 2.05) is 0 Å². The van der Waals surface area contributed by atoms with Crippen LogP contribution in [0, 0.1) is 0 Å². The number of ether oxygens (including phenoxy) is 2. The molecule has 0 spiro atoms. The quantitative estimate of drug-likeness (QED) is 0.0643. The van der Waals surface area contributed by atoms with E-state index < -0.39 is 133 Å². The fourth-order valence-electron chi connectivity index (χ4n) is 8.13. The number of benzene rings is 2. The first-order valence-corrected chi connectivity index (χ1v) is 23.6. The largest absolute Gasteiger partial charge is 0.508 e. The van der Waals surface area contributed by atoms with Crippen molar-refractivity contribution in [2.45, 2.75) is 134 Å². The molecule has 2 saturated heterocycles. The number of nitrogens with zero attached hydrogens (tertiary/aromatic N) is 2. The molecule has 0 radical (unpaired) electrons. The Bertz CT molecular complexity index is 2310.